The molecule has 0 spiro atoms. The van der Waals surface area contributed by atoms with Crippen LogP contribution in [0.15, 0.2) is 0 Å². The molecule has 0 radical (unpaired) electrons. The molecule has 0 aromatic rings. The minimum absolute atomic E-state index is 0.867. The van der Waals surface area contributed by atoms with Crippen LogP contribution >= 0.6 is 0 Å². The molecular weight excluding hydrogens is 268 g/mol. The van der Waals surface area contributed by atoms with Crippen molar-refractivity contribution in [2.24, 2.45) is 10.8 Å². The van der Waals surface area contributed by atoms with E-state index in [1.807, 2.05) is 0 Å². The predicted molar refractivity (Wildman–Crippen MR) is 53.3 cm³/mol. The van der Waals surface area contributed by atoms with Gasteiger partial charge in [0.25, 0.3) is 5.41 Å². The fourth-order valence-electron chi connectivity index (χ4n) is 1.80. The first-order valence-electron chi connectivity index (χ1n) is 4.70. The highest BCUT2D eigenvalue weighted by molar-refractivity contribution is 6.24. The van der Waals surface area contributed by atoms with E-state index in [1.54, 1.807) is 0 Å². The summed E-state index contributed by atoms with van der Waals surface area (Å²) in [5.74, 6) is -12.5. The average Bonchev–Trinajstić information content (AvgIpc) is 2.22. The molecule has 0 saturated heterocycles. The molecule has 0 atom stereocenters. The molecule has 10 heteroatoms. The van der Waals surface area contributed by atoms with Gasteiger partial charge < -0.3 is 25.5 Å². The van der Waals surface area contributed by atoms with Crippen molar-refractivity contribution in [2.75, 3.05) is 0 Å². The Balaban J connectivity index is 6.80. The molecule has 0 aromatic carbocycles. The third-order valence-corrected chi connectivity index (χ3v) is 2.86. The van der Waals surface area contributed by atoms with Crippen molar-refractivity contribution in [3.05, 3.63) is 0 Å². The van der Waals surface area contributed by atoms with E-state index < -0.39 is 47.1 Å². The lowest BCUT2D eigenvalue weighted by Gasteiger charge is -2.34. The molecule has 0 aliphatic rings. The van der Waals surface area contributed by atoms with Crippen molar-refractivity contribution in [1.82, 2.24) is 0 Å². The largest absolute Gasteiger partial charge is 0.480 e. The first-order valence-corrected chi connectivity index (χ1v) is 4.70. The lowest BCUT2D eigenvalue weighted by molar-refractivity contribution is -0.202. The minimum Gasteiger partial charge on any atom is -0.480 e. The molecule has 0 rings (SSSR count). The zero-order valence-corrected chi connectivity index (χ0v) is 9.48. The van der Waals surface area contributed by atoms with Gasteiger partial charge in [-0.25, -0.2) is 0 Å². The van der Waals surface area contributed by atoms with Gasteiger partial charge in [0.05, 0.1) is 0 Å². The highest BCUT2D eigenvalue weighted by atomic mass is 16.4. The van der Waals surface area contributed by atoms with Crippen molar-refractivity contribution in [2.45, 2.75) is 13.3 Å². The highest BCUT2D eigenvalue weighted by Gasteiger charge is 2.75. The van der Waals surface area contributed by atoms with Crippen molar-refractivity contribution in [3.8, 4) is 0 Å². The molecule has 0 amide bonds. The maximum absolute atomic E-state index is 11.1. The van der Waals surface area contributed by atoms with Gasteiger partial charge in [0.1, 0.15) is 0 Å². The van der Waals surface area contributed by atoms with E-state index in [-0.39, 0.29) is 0 Å². The summed E-state index contributed by atoms with van der Waals surface area (Å²) >= 11 is 0. The maximum atomic E-state index is 11.1. The number of aliphatic carboxylic acids is 5. The van der Waals surface area contributed by atoms with E-state index in [0.717, 1.165) is 6.92 Å². The zero-order chi connectivity index (χ0) is 15.6. The van der Waals surface area contributed by atoms with Crippen molar-refractivity contribution >= 4 is 29.8 Å². The van der Waals surface area contributed by atoms with E-state index in [1.165, 1.54) is 0 Å². The maximum Gasteiger partial charge on any atom is 0.334 e. The fraction of sp³-hybridized carbons (Fsp3) is 0.444. The molecule has 0 fully saturated rings. The number of carbonyl (C=O) groups is 5. The van der Waals surface area contributed by atoms with E-state index >= 15 is 0 Å². The second-order valence-electron chi connectivity index (χ2n) is 3.53. The fourth-order valence-corrected chi connectivity index (χ4v) is 1.80. The third-order valence-electron chi connectivity index (χ3n) is 2.86. The van der Waals surface area contributed by atoms with E-state index in [0.29, 0.717) is 0 Å². The van der Waals surface area contributed by atoms with Crippen molar-refractivity contribution in [1.29, 1.82) is 0 Å². The summed E-state index contributed by atoms with van der Waals surface area (Å²) in [5.41, 5.74) is -7.59. The van der Waals surface area contributed by atoms with E-state index in [2.05, 4.69) is 0 Å². The molecule has 19 heavy (non-hydrogen) atoms. The van der Waals surface area contributed by atoms with Crippen LogP contribution in [0, 0.1) is 10.8 Å². The van der Waals surface area contributed by atoms with Gasteiger partial charge in [-0.1, -0.05) is 6.92 Å². The topological polar surface area (TPSA) is 186 Å². The first-order chi connectivity index (χ1) is 8.53. The van der Waals surface area contributed by atoms with Crippen LogP contribution in [0.5, 0.6) is 0 Å². The number of rotatable bonds is 7. The standard InChI is InChI=1S/C9H10O10/c1-2-8(3(10)11,4(12)13)9(5(14)15,6(16)17)7(18)19/h2H2,1H3,(H,10,11)(H,12,13)(H,14,15)(H,16,17)(H,18,19). The molecule has 106 valence electrons. The SMILES string of the molecule is CCC(C(=O)O)(C(=O)O)C(C(=O)O)(C(=O)O)C(=O)O. The lowest BCUT2D eigenvalue weighted by atomic mass is 9.61. The third kappa shape index (κ3) is 1.77. The summed E-state index contributed by atoms with van der Waals surface area (Å²) in [4.78, 5) is 55.3. The van der Waals surface area contributed by atoms with Gasteiger partial charge in [0, 0.05) is 0 Å². The number of hydrogen-bond acceptors (Lipinski definition) is 5. The van der Waals surface area contributed by atoms with Crippen LogP contribution in [0.2, 0.25) is 0 Å². The summed E-state index contributed by atoms with van der Waals surface area (Å²) in [6.45, 7) is 0.867. The number of hydrogen-bond donors (Lipinski definition) is 5. The van der Waals surface area contributed by atoms with Crippen LogP contribution in [0.3, 0.4) is 0 Å². The quantitative estimate of drug-likeness (QED) is 0.353. The average molecular weight is 278 g/mol. The zero-order valence-electron chi connectivity index (χ0n) is 9.48. The van der Waals surface area contributed by atoms with Crippen LogP contribution in [-0.4, -0.2) is 55.4 Å². The summed E-state index contributed by atoms with van der Waals surface area (Å²) in [5, 5.41) is 44.3. The summed E-state index contributed by atoms with van der Waals surface area (Å²) in [7, 11) is 0. The second kappa shape index (κ2) is 4.92. The Morgan fingerprint density at radius 1 is 0.684 bits per heavy atom. The van der Waals surface area contributed by atoms with E-state index in [4.69, 9.17) is 25.5 Å². The van der Waals surface area contributed by atoms with Crippen LogP contribution in [-0.2, 0) is 24.0 Å². The van der Waals surface area contributed by atoms with Gasteiger partial charge in [0.2, 0.25) is 5.41 Å². The van der Waals surface area contributed by atoms with Gasteiger partial charge >= 0.3 is 29.8 Å². The van der Waals surface area contributed by atoms with Crippen LogP contribution < -0.4 is 0 Å². The van der Waals surface area contributed by atoms with Crippen molar-refractivity contribution < 1.29 is 49.5 Å². The summed E-state index contributed by atoms with van der Waals surface area (Å²) < 4.78 is 0. The molecule has 0 bridgehead atoms. The first kappa shape index (κ1) is 16.4. The molecule has 10 nitrogen and oxygen atoms in total. The van der Waals surface area contributed by atoms with E-state index in [9.17, 15) is 24.0 Å². The molecule has 0 unspecified atom stereocenters. The molecule has 0 aliphatic heterocycles. The Labute approximate surface area is 104 Å². The smallest absolute Gasteiger partial charge is 0.334 e. The summed E-state index contributed by atoms with van der Waals surface area (Å²) in [6.07, 6.45) is -1.05. The molecule has 0 saturated carbocycles. The van der Waals surface area contributed by atoms with Gasteiger partial charge in [0.15, 0.2) is 0 Å². The van der Waals surface area contributed by atoms with Gasteiger partial charge in [-0.15, -0.1) is 0 Å². The highest BCUT2D eigenvalue weighted by Crippen LogP contribution is 2.44. The van der Waals surface area contributed by atoms with Crippen molar-refractivity contribution in [3.63, 3.8) is 0 Å². The Hall–Kier alpha value is -2.65. The van der Waals surface area contributed by atoms with Gasteiger partial charge in [-0.05, 0) is 6.42 Å². The molecular formula is C9H10O10. The Kier molecular flexibility index (Phi) is 4.23. The van der Waals surface area contributed by atoms with Gasteiger partial charge in [-0.3, -0.25) is 24.0 Å². The molecule has 0 heterocycles. The Bertz CT molecular complexity index is 412. The number of carboxylic acid groups (broad SMARTS) is 5. The molecule has 0 aliphatic carbocycles. The normalized spacial score (nSPS) is 11.6. The molecule has 0 aromatic heterocycles. The lowest BCUT2D eigenvalue weighted by Crippen LogP contribution is -2.64. The Morgan fingerprint density at radius 3 is 1.00 bits per heavy atom. The number of carboxylic acids is 5. The monoisotopic (exact) mass is 278 g/mol. The Morgan fingerprint density at radius 2 is 0.947 bits per heavy atom. The summed E-state index contributed by atoms with van der Waals surface area (Å²) in [6, 6.07) is 0. The minimum atomic E-state index is -4.04. The van der Waals surface area contributed by atoms with Crippen LogP contribution in [0.4, 0.5) is 0 Å². The predicted octanol–water partition coefficient (Wildman–Crippen LogP) is -1.21. The van der Waals surface area contributed by atoms with Gasteiger partial charge in [-0.2, -0.15) is 0 Å². The second-order valence-corrected chi connectivity index (χ2v) is 3.53. The van der Waals surface area contributed by atoms with Crippen LogP contribution in [0.1, 0.15) is 13.3 Å². The van der Waals surface area contributed by atoms with Crippen LogP contribution in [0.25, 0.3) is 0 Å². The molecule has 5 N–H and O–H groups in total.